The number of carbonyl (C=O) groups is 1. The molecule has 1 aromatic carbocycles. The van der Waals surface area contributed by atoms with Crippen molar-refractivity contribution in [3.8, 4) is 0 Å². The minimum absolute atomic E-state index is 0.285. The normalized spacial score (nSPS) is 9.57. The lowest BCUT2D eigenvalue weighted by Crippen LogP contribution is -2.14. The molecular formula is C9H9F2NO2. The lowest BCUT2D eigenvalue weighted by atomic mass is 10.3. The summed E-state index contributed by atoms with van der Waals surface area (Å²) in [6.07, 6.45) is -0.755. The smallest absolute Gasteiger partial charge is 0.411 e. The summed E-state index contributed by atoms with van der Waals surface area (Å²) in [7, 11) is 0. The summed E-state index contributed by atoms with van der Waals surface area (Å²) in [5.74, 6) is -0.396. The van der Waals surface area contributed by atoms with E-state index in [1.807, 2.05) is 0 Å². The van der Waals surface area contributed by atoms with Gasteiger partial charge in [-0.25, -0.2) is 13.6 Å². The second kappa shape index (κ2) is 5.16. The summed E-state index contributed by atoms with van der Waals surface area (Å²) in [4.78, 5) is 10.9. The molecule has 1 aromatic rings. The molecule has 0 saturated heterocycles. The number of amides is 1. The largest absolute Gasteiger partial charge is 0.447 e. The first-order valence-corrected chi connectivity index (χ1v) is 3.97. The predicted octanol–water partition coefficient (Wildman–Crippen LogP) is 2.34. The van der Waals surface area contributed by atoms with Crippen molar-refractivity contribution >= 4 is 11.8 Å². The van der Waals surface area contributed by atoms with Crippen LogP contribution in [-0.4, -0.2) is 19.4 Å². The quantitative estimate of drug-likeness (QED) is 0.815. The van der Waals surface area contributed by atoms with Crippen molar-refractivity contribution in [3.63, 3.8) is 0 Å². The average Bonchev–Trinajstić information content (AvgIpc) is 2.18. The Kier molecular flexibility index (Phi) is 3.84. The number of alkyl halides is 1. The second-order valence-electron chi connectivity index (χ2n) is 2.46. The maximum absolute atomic E-state index is 12.4. The van der Waals surface area contributed by atoms with Crippen LogP contribution < -0.4 is 5.32 Å². The van der Waals surface area contributed by atoms with E-state index in [-0.39, 0.29) is 6.61 Å². The molecule has 0 unspecified atom stereocenters. The van der Waals surface area contributed by atoms with Gasteiger partial charge in [0.05, 0.1) is 0 Å². The number of hydrogen-bond donors (Lipinski definition) is 1. The zero-order chi connectivity index (χ0) is 10.4. The van der Waals surface area contributed by atoms with Gasteiger partial charge >= 0.3 is 6.09 Å². The summed E-state index contributed by atoms with van der Waals surface area (Å²) in [5, 5.41) is 2.31. The van der Waals surface area contributed by atoms with E-state index in [4.69, 9.17) is 0 Å². The van der Waals surface area contributed by atoms with Gasteiger partial charge in [0.15, 0.2) is 0 Å². The number of carbonyl (C=O) groups excluding carboxylic acids is 1. The fourth-order valence-corrected chi connectivity index (χ4v) is 0.818. The van der Waals surface area contributed by atoms with Crippen molar-refractivity contribution in [2.45, 2.75) is 0 Å². The molecule has 3 nitrogen and oxygen atoms in total. The molecule has 14 heavy (non-hydrogen) atoms. The Labute approximate surface area is 79.7 Å². The van der Waals surface area contributed by atoms with Gasteiger partial charge in [-0.05, 0) is 24.3 Å². The highest BCUT2D eigenvalue weighted by Crippen LogP contribution is 2.08. The predicted molar refractivity (Wildman–Crippen MR) is 47.3 cm³/mol. The molecule has 0 spiro atoms. The third-order valence-corrected chi connectivity index (χ3v) is 1.40. The molecule has 1 amide bonds. The van der Waals surface area contributed by atoms with Crippen LogP contribution in [-0.2, 0) is 4.74 Å². The molecule has 5 heteroatoms. The molecule has 0 fully saturated rings. The molecule has 76 valence electrons. The van der Waals surface area contributed by atoms with Crippen LogP contribution in [0.1, 0.15) is 0 Å². The van der Waals surface area contributed by atoms with Crippen LogP contribution in [0.25, 0.3) is 0 Å². The third-order valence-electron chi connectivity index (χ3n) is 1.40. The van der Waals surface area contributed by atoms with Crippen LogP contribution in [0, 0.1) is 5.82 Å². The summed E-state index contributed by atoms with van der Waals surface area (Å²) in [6.45, 7) is -1.01. The van der Waals surface area contributed by atoms with E-state index in [1.165, 1.54) is 24.3 Å². The topological polar surface area (TPSA) is 38.3 Å². The molecule has 0 bridgehead atoms. The van der Waals surface area contributed by atoms with Gasteiger partial charge in [0.1, 0.15) is 19.1 Å². The van der Waals surface area contributed by atoms with Crippen LogP contribution in [0.15, 0.2) is 24.3 Å². The summed E-state index contributed by atoms with van der Waals surface area (Å²) < 4.78 is 28.4. The van der Waals surface area contributed by atoms with Gasteiger partial charge in [-0.3, -0.25) is 5.32 Å². The van der Waals surface area contributed by atoms with E-state index in [9.17, 15) is 13.6 Å². The number of ether oxygens (including phenoxy) is 1. The van der Waals surface area contributed by atoms with Gasteiger partial charge in [-0.15, -0.1) is 0 Å². The molecule has 1 N–H and O–H groups in total. The number of anilines is 1. The third kappa shape index (κ3) is 3.38. The second-order valence-corrected chi connectivity index (χ2v) is 2.46. The fourth-order valence-electron chi connectivity index (χ4n) is 0.818. The van der Waals surface area contributed by atoms with E-state index >= 15 is 0 Å². The molecule has 0 saturated carbocycles. The van der Waals surface area contributed by atoms with Crippen LogP contribution in [0.4, 0.5) is 19.3 Å². The Bertz CT molecular complexity index is 300. The average molecular weight is 201 g/mol. The lowest BCUT2D eigenvalue weighted by molar-refractivity contribution is 0.152. The standard InChI is InChI=1S/C9H9F2NO2/c10-5-6-14-9(13)12-8-3-1-7(11)2-4-8/h1-4H,5-6H2,(H,12,13). The molecule has 0 aromatic heterocycles. The van der Waals surface area contributed by atoms with Crippen molar-refractivity contribution in [2.75, 3.05) is 18.6 Å². The van der Waals surface area contributed by atoms with E-state index in [1.54, 1.807) is 0 Å². The Morgan fingerprint density at radius 1 is 1.36 bits per heavy atom. The fraction of sp³-hybridized carbons (Fsp3) is 0.222. The monoisotopic (exact) mass is 201 g/mol. The van der Waals surface area contributed by atoms with Crippen LogP contribution >= 0.6 is 0 Å². The Morgan fingerprint density at radius 2 is 2.00 bits per heavy atom. The molecule has 0 atom stereocenters. The molecule has 0 heterocycles. The molecule has 0 aliphatic rings. The van der Waals surface area contributed by atoms with Gasteiger partial charge in [0.25, 0.3) is 0 Å². The Balaban J connectivity index is 2.44. The van der Waals surface area contributed by atoms with Crippen LogP contribution in [0.3, 0.4) is 0 Å². The number of rotatable bonds is 3. The molecule has 0 aliphatic heterocycles. The molecule has 1 rings (SSSR count). The Hall–Kier alpha value is -1.65. The summed E-state index contributed by atoms with van der Waals surface area (Å²) >= 11 is 0. The maximum Gasteiger partial charge on any atom is 0.411 e. The minimum atomic E-state index is -0.755. The number of benzene rings is 1. The molecule has 0 radical (unpaired) electrons. The van der Waals surface area contributed by atoms with Crippen molar-refractivity contribution < 1.29 is 18.3 Å². The zero-order valence-electron chi connectivity index (χ0n) is 7.30. The number of hydrogen-bond acceptors (Lipinski definition) is 2. The van der Waals surface area contributed by atoms with Crippen LogP contribution in [0.2, 0.25) is 0 Å². The highest BCUT2D eigenvalue weighted by atomic mass is 19.1. The lowest BCUT2D eigenvalue weighted by Gasteiger charge is -2.04. The maximum atomic E-state index is 12.4. The van der Waals surface area contributed by atoms with Gasteiger partial charge in [-0.1, -0.05) is 0 Å². The summed E-state index contributed by atoms with van der Waals surface area (Å²) in [5.41, 5.74) is 0.398. The SMILES string of the molecule is O=C(Nc1ccc(F)cc1)OCCF. The first kappa shape index (κ1) is 10.4. The van der Waals surface area contributed by atoms with Gasteiger partial charge in [-0.2, -0.15) is 0 Å². The van der Waals surface area contributed by atoms with Crippen molar-refractivity contribution in [1.29, 1.82) is 0 Å². The van der Waals surface area contributed by atoms with Gasteiger partial charge in [0.2, 0.25) is 0 Å². The highest BCUT2D eigenvalue weighted by molar-refractivity contribution is 5.84. The highest BCUT2D eigenvalue weighted by Gasteiger charge is 2.01. The van der Waals surface area contributed by atoms with E-state index in [0.29, 0.717) is 5.69 Å². The minimum Gasteiger partial charge on any atom is -0.447 e. The van der Waals surface area contributed by atoms with E-state index < -0.39 is 18.6 Å². The summed E-state index contributed by atoms with van der Waals surface area (Å²) in [6, 6.07) is 5.16. The van der Waals surface area contributed by atoms with E-state index in [2.05, 4.69) is 10.1 Å². The molecule has 0 aliphatic carbocycles. The van der Waals surface area contributed by atoms with E-state index in [0.717, 1.165) is 0 Å². The van der Waals surface area contributed by atoms with Gasteiger partial charge in [0, 0.05) is 5.69 Å². The number of halogens is 2. The molecular weight excluding hydrogens is 192 g/mol. The van der Waals surface area contributed by atoms with Crippen molar-refractivity contribution in [3.05, 3.63) is 30.1 Å². The first-order chi connectivity index (χ1) is 6.72. The van der Waals surface area contributed by atoms with Crippen LogP contribution in [0.5, 0.6) is 0 Å². The van der Waals surface area contributed by atoms with Crippen molar-refractivity contribution in [1.82, 2.24) is 0 Å². The zero-order valence-corrected chi connectivity index (χ0v) is 7.30. The Morgan fingerprint density at radius 3 is 2.57 bits per heavy atom. The number of nitrogens with one attached hydrogen (secondary N) is 1. The van der Waals surface area contributed by atoms with Gasteiger partial charge < -0.3 is 4.74 Å². The first-order valence-electron chi connectivity index (χ1n) is 3.97. The van der Waals surface area contributed by atoms with Crippen molar-refractivity contribution in [2.24, 2.45) is 0 Å².